The Hall–Kier alpha value is -2.63. The molecular weight excluding hydrogens is 222 g/mol. The van der Waals surface area contributed by atoms with Crippen LogP contribution in [0.1, 0.15) is 0 Å². The van der Waals surface area contributed by atoms with Gasteiger partial charge in [-0.1, -0.05) is 12.1 Å². The Morgan fingerprint density at radius 2 is 2.18 bits per heavy atom. The normalized spacial score (nSPS) is 11.1. The highest BCUT2D eigenvalue weighted by Crippen LogP contribution is 2.27. The van der Waals surface area contributed by atoms with E-state index >= 15 is 0 Å². The van der Waals surface area contributed by atoms with Crippen LogP contribution in [0.2, 0.25) is 0 Å². The minimum atomic E-state index is -0.448. The van der Waals surface area contributed by atoms with Gasteiger partial charge in [0.15, 0.2) is 0 Å². The maximum Gasteiger partial charge on any atom is 0.293 e. The van der Waals surface area contributed by atoms with Crippen LogP contribution in [0, 0.1) is 10.1 Å². The lowest BCUT2D eigenvalue weighted by Crippen LogP contribution is -2.07. The van der Waals surface area contributed by atoms with Crippen molar-refractivity contribution >= 4 is 22.1 Å². The summed E-state index contributed by atoms with van der Waals surface area (Å²) in [4.78, 5) is 24.6. The Morgan fingerprint density at radius 3 is 2.94 bits per heavy atom. The summed E-state index contributed by atoms with van der Waals surface area (Å²) in [6.07, 6.45) is 3.07. The molecule has 2 heterocycles. The van der Waals surface area contributed by atoms with Crippen LogP contribution in [0.15, 0.2) is 41.5 Å². The van der Waals surface area contributed by atoms with Crippen molar-refractivity contribution < 1.29 is 4.92 Å². The highest BCUT2D eigenvalue weighted by molar-refractivity contribution is 5.93. The molecule has 6 nitrogen and oxygen atoms in total. The first kappa shape index (κ1) is 9.59. The zero-order valence-corrected chi connectivity index (χ0v) is 8.58. The van der Waals surface area contributed by atoms with Gasteiger partial charge >= 0.3 is 0 Å². The van der Waals surface area contributed by atoms with E-state index in [9.17, 15) is 14.9 Å². The van der Waals surface area contributed by atoms with Gasteiger partial charge in [-0.25, -0.2) is 0 Å². The molecule has 3 rings (SSSR count). The van der Waals surface area contributed by atoms with E-state index in [0.717, 1.165) is 0 Å². The molecule has 0 aliphatic heterocycles. The molecule has 0 amide bonds. The molecule has 17 heavy (non-hydrogen) atoms. The fraction of sp³-hybridized carbons (Fsp3) is 0. The molecule has 6 heteroatoms. The van der Waals surface area contributed by atoms with Crippen molar-refractivity contribution in [2.75, 3.05) is 0 Å². The summed E-state index contributed by atoms with van der Waals surface area (Å²) in [6, 6.07) is 6.42. The maximum absolute atomic E-state index is 11.6. The van der Waals surface area contributed by atoms with Gasteiger partial charge in [-0.15, -0.1) is 0 Å². The number of non-ortho nitro benzene ring substituents is 1. The number of rotatable bonds is 1. The summed E-state index contributed by atoms with van der Waals surface area (Å²) in [6.45, 7) is 0. The number of H-pyrrole nitrogens is 1. The number of benzene rings is 1. The van der Waals surface area contributed by atoms with Gasteiger partial charge in [0, 0.05) is 23.8 Å². The Morgan fingerprint density at radius 1 is 1.35 bits per heavy atom. The zero-order chi connectivity index (χ0) is 12.0. The van der Waals surface area contributed by atoms with Crippen molar-refractivity contribution in [1.29, 1.82) is 0 Å². The molecule has 84 valence electrons. The fourth-order valence-corrected chi connectivity index (χ4v) is 2.00. The predicted octanol–water partition coefficient (Wildman–Crippen LogP) is 1.69. The van der Waals surface area contributed by atoms with Gasteiger partial charge in [0.25, 0.3) is 11.2 Å². The third-order valence-electron chi connectivity index (χ3n) is 2.71. The van der Waals surface area contributed by atoms with Gasteiger partial charge in [0.1, 0.15) is 11.0 Å². The van der Waals surface area contributed by atoms with Crippen LogP contribution in [-0.2, 0) is 0 Å². The number of fused-ring (bicyclic) bond motifs is 3. The second-order valence-corrected chi connectivity index (χ2v) is 3.66. The first-order chi connectivity index (χ1) is 8.18. The minimum Gasteiger partial charge on any atom is -0.326 e. The smallest absolute Gasteiger partial charge is 0.293 e. The number of hydrogen-bond donors (Lipinski definition) is 1. The van der Waals surface area contributed by atoms with Gasteiger partial charge in [-0.3, -0.25) is 14.9 Å². The molecule has 1 N–H and O–H groups in total. The monoisotopic (exact) mass is 229 g/mol. The molecule has 0 bridgehead atoms. The quantitative estimate of drug-likeness (QED) is 0.509. The number of nitro benzene ring substituents is 1. The number of nitrogens with one attached hydrogen (secondary N) is 1. The van der Waals surface area contributed by atoms with Crippen LogP contribution in [0.25, 0.3) is 16.4 Å². The summed E-state index contributed by atoms with van der Waals surface area (Å²) in [5, 5.41) is 11.6. The third kappa shape index (κ3) is 1.24. The lowest BCUT2D eigenvalue weighted by molar-refractivity contribution is -0.383. The third-order valence-corrected chi connectivity index (χ3v) is 2.71. The average Bonchev–Trinajstić information content (AvgIpc) is 2.69. The highest BCUT2D eigenvalue weighted by Gasteiger charge is 2.16. The first-order valence-corrected chi connectivity index (χ1v) is 4.94. The summed E-state index contributed by atoms with van der Waals surface area (Å²) in [7, 11) is 0. The summed E-state index contributed by atoms with van der Waals surface area (Å²) < 4.78 is 1.53. The summed E-state index contributed by atoms with van der Waals surface area (Å²) >= 11 is 0. The van der Waals surface area contributed by atoms with Crippen LogP contribution < -0.4 is 5.56 Å². The van der Waals surface area contributed by atoms with Gasteiger partial charge in [0.2, 0.25) is 0 Å². The van der Waals surface area contributed by atoms with E-state index in [1.165, 1.54) is 16.7 Å². The minimum absolute atomic E-state index is 0.00639. The average molecular weight is 229 g/mol. The lowest BCUT2D eigenvalue weighted by atomic mass is 10.2. The van der Waals surface area contributed by atoms with E-state index in [1.807, 2.05) is 0 Å². The van der Waals surface area contributed by atoms with Gasteiger partial charge in [-0.05, 0) is 6.07 Å². The van der Waals surface area contributed by atoms with Crippen LogP contribution in [0.4, 0.5) is 5.69 Å². The molecule has 1 aromatic carbocycles. The van der Waals surface area contributed by atoms with Crippen molar-refractivity contribution in [3.05, 3.63) is 57.1 Å². The van der Waals surface area contributed by atoms with E-state index in [2.05, 4.69) is 4.98 Å². The van der Waals surface area contributed by atoms with E-state index < -0.39 is 4.92 Å². The van der Waals surface area contributed by atoms with Crippen molar-refractivity contribution in [3.8, 4) is 0 Å². The van der Waals surface area contributed by atoms with E-state index in [1.54, 1.807) is 24.4 Å². The Bertz CT molecular complexity index is 800. The van der Waals surface area contributed by atoms with Crippen molar-refractivity contribution in [2.24, 2.45) is 0 Å². The molecule has 0 unspecified atom stereocenters. The topological polar surface area (TPSA) is 80.4 Å². The number of nitrogens with zero attached hydrogens (tertiary/aromatic N) is 2. The molecule has 0 atom stereocenters. The Balaban J connectivity index is 2.63. The van der Waals surface area contributed by atoms with Gasteiger partial charge < -0.3 is 9.38 Å². The first-order valence-electron chi connectivity index (χ1n) is 4.94. The van der Waals surface area contributed by atoms with Crippen LogP contribution in [0.3, 0.4) is 0 Å². The zero-order valence-electron chi connectivity index (χ0n) is 8.58. The number of para-hydroxylation sites is 1. The highest BCUT2D eigenvalue weighted by atomic mass is 16.6. The van der Waals surface area contributed by atoms with E-state index in [0.29, 0.717) is 16.4 Å². The second kappa shape index (κ2) is 3.18. The maximum atomic E-state index is 11.6. The molecule has 0 aliphatic carbocycles. The second-order valence-electron chi connectivity index (χ2n) is 3.66. The number of hydrogen-bond acceptors (Lipinski definition) is 3. The predicted molar refractivity (Wildman–Crippen MR) is 62.2 cm³/mol. The molecule has 3 aromatic rings. The van der Waals surface area contributed by atoms with Crippen LogP contribution in [0.5, 0.6) is 0 Å². The number of aromatic nitrogens is 2. The van der Waals surface area contributed by atoms with Crippen LogP contribution in [-0.4, -0.2) is 14.3 Å². The fourth-order valence-electron chi connectivity index (χ4n) is 2.00. The molecule has 2 aromatic heterocycles. The van der Waals surface area contributed by atoms with E-state index in [-0.39, 0.29) is 11.2 Å². The Kier molecular flexibility index (Phi) is 1.79. The molecule has 0 fully saturated rings. The van der Waals surface area contributed by atoms with Gasteiger partial charge in [0.05, 0.1) is 4.92 Å². The molecule has 0 spiro atoms. The molecule has 0 radical (unpaired) electrons. The molecular formula is C11H7N3O3. The van der Waals surface area contributed by atoms with E-state index in [4.69, 9.17) is 0 Å². The van der Waals surface area contributed by atoms with Crippen molar-refractivity contribution in [3.63, 3.8) is 0 Å². The summed E-state index contributed by atoms with van der Waals surface area (Å²) in [5.41, 5.74) is 0.571. The Labute approximate surface area is 94.3 Å². The number of aromatic amines is 1. The molecule has 0 saturated heterocycles. The molecule has 0 aliphatic rings. The van der Waals surface area contributed by atoms with Crippen molar-refractivity contribution in [1.82, 2.24) is 9.38 Å². The van der Waals surface area contributed by atoms with Crippen LogP contribution >= 0.6 is 0 Å². The SMILES string of the molecule is O=c1[nH]ccn2c1cc1cccc([N+](=O)[O-])c12. The molecule has 0 saturated carbocycles. The number of nitro groups is 1. The standard InChI is InChI=1S/C11H7N3O3/c15-11-9-6-7-2-1-3-8(14(16)17)10(7)13(9)5-4-12-11/h1-6H,(H,12,15). The summed E-state index contributed by atoms with van der Waals surface area (Å²) in [5.74, 6) is 0. The van der Waals surface area contributed by atoms with Gasteiger partial charge in [-0.2, -0.15) is 0 Å². The largest absolute Gasteiger partial charge is 0.326 e. The van der Waals surface area contributed by atoms with Crippen molar-refractivity contribution in [2.45, 2.75) is 0 Å². The lowest BCUT2D eigenvalue weighted by Gasteiger charge is -1.97.